The number of carbonyl (C=O) groups excluding carboxylic acids is 3. The van der Waals surface area contributed by atoms with Crippen molar-refractivity contribution in [3.8, 4) is 0 Å². The van der Waals surface area contributed by atoms with Crippen LogP contribution in [-0.2, 0) is 19.1 Å². The fraction of sp³-hybridized carbons (Fsp3) is 0.625. The summed E-state index contributed by atoms with van der Waals surface area (Å²) < 4.78 is 5.28. The van der Waals surface area contributed by atoms with Gasteiger partial charge in [0.1, 0.15) is 0 Å². The van der Waals surface area contributed by atoms with Gasteiger partial charge in [-0.15, -0.1) is 0 Å². The van der Waals surface area contributed by atoms with Crippen molar-refractivity contribution in [3.05, 3.63) is 24.3 Å². The number of anilines is 2. The van der Waals surface area contributed by atoms with E-state index in [9.17, 15) is 19.5 Å². The quantitative estimate of drug-likeness (QED) is 0.682. The number of benzene rings is 1. The van der Waals surface area contributed by atoms with Crippen LogP contribution in [0, 0.1) is 17.3 Å². The maximum absolute atomic E-state index is 12.5. The molecule has 0 radical (unpaired) electrons. The van der Waals surface area contributed by atoms with Crippen LogP contribution in [0.4, 0.5) is 11.4 Å². The van der Waals surface area contributed by atoms with Crippen molar-refractivity contribution in [3.63, 3.8) is 0 Å². The van der Waals surface area contributed by atoms with Gasteiger partial charge in [-0.2, -0.15) is 0 Å². The lowest BCUT2D eigenvalue weighted by Gasteiger charge is -2.60. The van der Waals surface area contributed by atoms with Crippen LogP contribution in [0.25, 0.3) is 0 Å². The largest absolute Gasteiger partial charge is 0.456 e. The first-order chi connectivity index (χ1) is 14.8. The van der Waals surface area contributed by atoms with Gasteiger partial charge < -0.3 is 20.1 Å². The first-order valence-electron chi connectivity index (χ1n) is 11.4. The zero-order chi connectivity index (χ0) is 21.6. The monoisotopic (exact) mass is 426 g/mol. The van der Waals surface area contributed by atoms with Crippen LogP contribution in [0.1, 0.15) is 57.8 Å². The molecule has 2 amide bonds. The summed E-state index contributed by atoms with van der Waals surface area (Å²) in [6.07, 6.45) is 7.29. The number of amides is 2. The van der Waals surface area contributed by atoms with Crippen LogP contribution in [-0.4, -0.2) is 41.6 Å². The van der Waals surface area contributed by atoms with Crippen molar-refractivity contribution >= 4 is 29.2 Å². The molecule has 166 valence electrons. The minimum atomic E-state index is -0.604. The summed E-state index contributed by atoms with van der Waals surface area (Å²) >= 11 is 0. The Bertz CT molecular complexity index is 882. The van der Waals surface area contributed by atoms with Crippen LogP contribution in [0.5, 0.6) is 0 Å². The third kappa shape index (κ3) is 4.20. The Kier molecular flexibility index (Phi) is 5.04. The number of hydrogen-bond donors (Lipinski definition) is 2. The molecule has 5 fully saturated rings. The lowest BCUT2D eigenvalue weighted by atomic mass is 9.47. The van der Waals surface area contributed by atoms with Crippen LogP contribution in [0.3, 0.4) is 0 Å². The minimum Gasteiger partial charge on any atom is -0.456 e. The number of aliphatic hydroxyl groups is 1. The third-order valence-corrected chi connectivity index (χ3v) is 7.57. The molecule has 4 aliphatic carbocycles. The van der Waals surface area contributed by atoms with Gasteiger partial charge >= 0.3 is 5.97 Å². The highest BCUT2D eigenvalue weighted by atomic mass is 16.5. The van der Waals surface area contributed by atoms with E-state index >= 15 is 0 Å². The van der Waals surface area contributed by atoms with Crippen molar-refractivity contribution in [2.24, 2.45) is 17.3 Å². The third-order valence-electron chi connectivity index (χ3n) is 7.57. The van der Waals surface area contributed by atoms with Gasteiger partial charge in [-0.3, -0.25) is 14.4 Å². The number of esters is 1. The van der Waals surface area contributed by atoms with E-state index in [1.165, 1.54) is 6.42 Å². The smallest absolute Gasteiger partial charge is 0.306 e. The van der Waals surface area contributed by atoms with E-state index in [1.807, 2.05) is 12.1 Å². The van der Waals surface area contributed by atoms with Gasteiger partial charge in [-0.1, -0.05) is 0 Å². The van der Waals surface area contributed by atoms with Crippen LogP contribution < -0.4 is 10.2 Å². The maximum atomic E-state index is 12.5. The average molecular weight is 427 g/mol. The summed E-state index contributed by atoms with van der Waals surface area (Å²) in [7, 11) is 0. The summed E-state index contributed by atoms with van der Waals surface area (Å²) in [5, 5.41) is 13.6. The highest BCUT2D eigenvalue weighted by Gasteiger charge is 2.57. The Morgan fingerprint density at radius 2 is 1.84 bits per heavy atom. The number of hydrogen-bond acceptors (Lipinski definition) is 5. The van der Waals surface area contributed by atoms with Crippen LogP contribution in [0.15, 0.2) is 24.3 Å². The average Bonchev–Trinajstić information content (AvgIpc) is 3.10. The van der Waals surface area contributed by atoms with Crippen molar-refractivity contribution in [2.75, 3.05) is 23.4 Å². The first-order valence-corrected chi connectivity index (χ1v) is 11.4. The number of rotatable bonds is 6. The predicted octanol–water partition coefficient (Wildman–Crippen LogP) is 3.02. The summed E-state index contributed by atoms with van der Waals surface area (Å²) in [6, 6.07) is 7.11. The molecule has 0 aromatic heterocycles. The number of carbonyl (C=O) groups is 3. The molecule has 1 heterocycles. The molecule has 4 bridgehead atoms. The molecule has 6 rings (SSSR count). The Morgan fingerprint density at radius 3 is 2.45 bits per heavy atom. The van der Waals surface area contributed by atoms with Crippen molar-refractivity contribution < 1.29 is 24.2 Å². The molecule has 7 heteroatoms. The zero-order valence-corrected chi connectivity index (χ0v) is 17.8. The van der Waals surface area contributed by atoms with Crippen molar-refractivity contribution in [1.29, 1.82) is 0 Å². The molecule has 1 saturated heterocycles. The second kappa shape index (κ2) is 7.62. The van der Waals surface area contributed by atoms with E-state index in [2.05, 4.69) is 5.32 Å². The van der Waals surface area contributed by atoms with Crippen molar-refractivity contribution in [2.45, 2.75) is 63.4 Å². The van der Waals surface area contributed by atoms with Gasteiger partial charge in [-0.25, -0.2) is 0 Å². The molecule has 1 aliphatic heterocycles. The van der Waals surface area contributed by atoms with Gasteiger partial charge in [0, 0.05) is 24.3 Å². The Hall–Kier alpha value is -2.41. The fourth-order valence-corrected chi connectivity index (χ4v) is 6.95. The van der Waals surface area contributed by atoms with Crippen molar-refractivity contribution in [1.82, 2.24) is 0 Å². The van der Waals surface area contributed by atoms with E-state index in [-0.39, 0.29) is 36.2 Å². The molecular weight excluding hydrogens is 396 g/mol. The second-order valence-corrected chi connectivity index (χ2v) is 10.3. The molecule has 31 heavy (non-hydrogen) atoms. The Balaban J connectivity index is 1.11. The first kappa shape index (κ1) is 20.5. The number of nitrogens with one attached hydrogen (secondary N) is 1. The van der Waals surface area contributed by atoms with Crippen LogP contribution >= 0.6 is 0 Å². The second-order valence-electron chi connectivity index (χ2n) is 10.3. The molecule has 1 aromatic rings. The van der Waals surface area contributed by atoms with E-state index in [1.54, 1.807) is 17.0 Å². The molecular formula is C24H30N2O5. The zero-order valence-electron chi connectivity index (χ0n) is 17.8. The SMILES string of the molecule is O=C(COC(=O)CC12C[C@@H]3C[C@@H](CC(O)(C3)C1)C2)Nc1ccc(N2CCCC2=O)cc1. The topological polar surface area (TPSA) is 95.9 Å². The highest BCUT2D eigenvalue weighted by molar-refractivity contribution is 5.96. The van der Waals surface area contributed by atoms with E-state index in [0.717, 1.165) is 44.3 Å². The standard InChI is InChI=1S/C24H30N2O5/c27-20(25-18-3-5-19(6-4-18)26-7-1-2-21(26)28)14-31-22(29)13-23-9-16-8-17(10-23)12-24(30,11-16)15-23/h3-6,16-17,30H,1-2,7-15H2,(H,25,27)/t16-,17+,23?,24?. The Labute approximate surface area is 182 Å². The molecule has 1 aromatic carbocycles. The van der Waals surface area contributed by atoms with E-state index in [4.69, 9.17) is 4.74 Å². The molecule has 2 unspecified atom stereocenters. The number of nitrogens with zero attached hydrogens (tertiary/aromatic N) is 1. The normalized spacial score (nSPS) is 33.6. The summed E-state index contributed by atoms with van der Waals surface area (Å²) in [4.78, 5) is 38.3. The minimum absolute atomic E-state index is 0.120. The van der Waals surface area contributed by atoms with E-state index in [0.29, 0.717) is 30.4 Å². The van der Waals surface area contributed by atoms with Gasteiger partial charge in [0.25, 0.3) is 5.91 Å². The van der Waals surface area contributed by atoms with Gasteiger partial charge in [0.15, 0.2) is 6.61 Å². The lowest BCUT2D eigenvalue weighted by molar-refractivity contribution is -0.177. The molecule has 5 aliphatic rings. The van der Waals surface area contributed by atoms with Gasteiger partial charge in [-0.05, 0) is 86.5 Å². The number of ether oxygens (including phenoxy) is 1. The summed E-state index contributed by atoms with van der Waals surface area (Å²) in [5.74, 6) is 0.406. The Morgan fingerprint density at radius 1 is 1.13 bits per heavy atom. The molecule has 7 nitrogen and oxygen atoms in total. The fourth-order valence-electron chi connectivity index (χ4n) is 6.95. The van der Waals surface area contributed by atoms with Gasteiger partial charge in [0.05, 0.1) is 12.0 Å². The predicted molar refractivity (Wildman–Crippen MR) is 114 cm³/mol. The lowest BCUT2D eigenvalue weighted by Crippen LogP contribution is -2.56. The molecule has 2 N–H and O–H groups in total. The molecule has 0 spiro atoms. The maximum Gasteiger partial charge on any atom is 0.306 e. The summed E-state index contributed by atoms with van der Waals surface area (Å²) in [6.45, 7) is 0.402. The van der Waals surface area contributed by atoms with Crippen LogP contribution in [0.2, 0.25) is 0 Å². The molecule has 4 atom stereocenters. The van der Waals surface area contributed by atoms with E-state index < -0.39 is 5.60 Å². The molecule has 4 saturated carbocycles. The summed E-state index contributed by atoms with van der Waals surface area (Å²) in [5.41, 5.74) is 0.659. The van der Waals surface area contributed by atoms with Gasteiger partial charge in [0.2, 0.25) is 5.91 Å². The highest BCUT2D eigenvalue weighted by Crippen LogP contribution is 2.62.